The summed E-state index contributed by atoms with van der Waals surface area (Å²) in [6.45, 7) is 6.27. The van der Waals surface area contributed by atoms with Crippen molar-refractivity contribution in [3.8, 4) is 5.75 Å². The van der Waals surface area contributed by atoms with E-state index in [2.05, 4.69) is 9.71 Å². The van der Waals surface area contributed by atoms with Crippen LogP contribution in [0.1, 0.15) is 32.6 Å². The molecule has 0 unspecified atom stereocenters. The summed E-state index contributed by atoms with van der Waals surface area (Å²) in [6, 6.07) is 13.7. The van der Waals surface area contributed by atoms with E-state index < -0.39 is 15.9 Å². The Morgan fingerprint density at radius 3 is 2.38 bits per heavy atom. The van der Waals surface area contributed by atoms with Gasteiger partial charge in [0.2, 0.25) is 0 Å². The van der Waals surface area contributed by atoms with Gasteiger partial charge in [-0.05, 0) is 67.3 Å². The highest BCUT2D eigenvalue weighted by Crippen LogP contribution is 2.23. The fourth-order valence-corrected chi connectivity index (χ4v) is 3.81. The normalized spacial score (nSPS) is 11.1. The highest BCUT2D eigenvalue weighted by atomic mass is 32.2. The van der Waals surface area contributed by atoms with Crippen LogP contribution in [0, 0.1) is 20.8 Å². The summed E-state index contributed by atoms with van der Waals surface area (Å²) in [5.74, 6) is -0.204. The number of nitrogens with zero attached hydrogens (tertiary/aromatic N) is 1. The molecule has 3 aromatic rings. The van der Waals surface area contributed by atoms with Crippen molar-refractivity contribution in [1.29, 1.82) is 0 Å². The number of sulfonamides is 1. The monoisotopic (exact) mass is 410 g/mol. The number of carbonyl (C=O) groups is 1. The van der Waals surface area contributed by atoms with Crippen molar-refractivity contribution >= 4 is 15.9 Å². The molecule has 1 N–H and O–H groups in total. The second kappa shape index (κ2) is 8.45. The molecular formula is C22H22N2O4S. The Balaban J connectivity index is 1.79. The number of aryl methyl sites for hydroxylation is 3. The number of hydrogen-bond acceptors (Lipinski definition) is 5. The minimum atomic E-state index is -4.00. The van der Waals surface area contributed by atoms with Crippen molar-refractivity contribution in [3.63, 3.8) is 0 Å². The van der Waals surface area contributed by atoms with Gasteiger partial charge in [-0.25, -0.2) is 13.1 Å². The van der Waals surface area contributed by atoms with Crippen LogP contribution in [0.2, 0.25) is 0 Å². The van der Waals surface area contributed by atoms with E-state index in [0.29, 0.717) is 12.4 Å². The van der Waals surface area contributed by atoms with Gasteiger partial charge in [0.1, 0.15) is 17.3 Å². The summed E-state index contributed by atoms with van der Waals surface area (Å²) in [6.07, 6.45) is 2.64. The van der Waals surface area contributed by atoms with Crippen LogP contribution in [0.5, 0.6) is 5.75 Å². The lowest BCUT2D eigenvalue weighted by molar-refractivity contribution is 0.0981. The van der Waals surface area contributed by atoms with E-state index in [0.717, 1.165) is 22.3 Å². The molecule has 0 saturated carbocycles. The molecule has 0 saturated heterocycles. The molecule has 0 spiro atoms. The maximum absolute atomic E-state index is 12.5. The van der Waals surface area contributed by atoms with E-state index in [9.17, 15) is 13.2 Å². The Bertz CT molecular complexity index is 1120. The molecule has 0 aliphatic heterocycles. The van der Waals surface area contributed by atoms with Gasteiger partial charge in [-0.15, -0.1) is 0 Å². The number of benzene rings is 2. The molecule has 2 aromatic carbocycles. The van der Waals surface area contributed by atoms with Crippen molar-refractivity contribution in [2.45, 2.75) is 32.3 Å². The standard InChI is InChI=1S/C22H22N2O4S/c1-15-6-4-7-16(2)20(15)14-28-21-12-18(10-9-17(21)3)22(25)24-29(26,27)19-8-5-11-23-13-19/h4-13H,14H2,1-3H3,(H,24,25). The van der Waals surface area contributed by atoms with Crippen LogP contribution in [-0.4, -0.2) is 19.3 Å². The summed E-state index contributed by atoms with van der Waals surface area (Å²) < 4.78 is 32.7. The fourth-order valence-electron chi connectivity index (χ4n) is 2.87. The molecule has 7 heteroatoms. The van der Waals surface area contributed by atoms with E-state index in [-0.39, 0.29) is 10.5 Å². The van der Waals surface area contributed by atoms with E-state index in [4.69, 9.17) is 4.74 Å². The van der Waals surface area contributed by atoms with E-state index in [1.54, 1.807) is 18.2 Å². The zero-order valence-corrected chi connectivity index (χ0v) is 17.3. The van der Waals surface area contributed by atoms with Crippen molar-refractivity contribution in [3.05, 3.63) is 88.7 Å². The minimum Gasteiger partial charge on any atom is -0.489 e. The topological polar surface area (TPSA) is 85.4 Å². The van der Waals surface area contributed by atoms with Crippen LogP contribution in [0.15, 0.2) is 65.8 Å². The third-order valence-electron chi connectivity index (χ3n) is 4.64. The molecule has 0 bridgehead atoms. The average molecular weight is 410 g/mol. The lowest BCUT2D eigenvalue weighted by Crippen LogP contribution is -2.30. The average Bonchev–Trinajstić information content (AvgIpc) is 2.69. The predicted octanol–water partition coefficient (Wildman–Crippen LogP) is 3.70. The van der Waals surface area contributed by atoms with Crippen molar-refractivity contribution in [1.82, 2.24) is 9.71 Å². The molecule has 0 atom stereocenters. The Hall–Kier alpha value is -3.19. The molecule has 29 heavy (non-hydrogen) atoms. The van der Waals surface area contributed by atoms with Gasteiger partial charge in [0.15, 0.2) is 0 Å². The molecule has 0 radical (unpaired) electrons. The summed E-state index contributed by atoms with van der Waals surface area (Å²) in [5, 5.41) is 0. The zero-order chi connectivity index (χ0) is 21.0. The van der Waals surface area contributed by atoms with Crippen molar-refractivity contribution in [2.24, 2.45) is 0 Å². The fraction of sp³-hybridized carbons (Fsp3) is 0.182. The molecule has 6 nitrogen and oxygen atoms in total. The van der Waals surface area contributed by atoms with Gasteiger partial charge in [0, 0.05) is 18.0 Å². The van der Waals surface area contributed by atoms with Gasteiger partial charge < -0.3 is 4.74 Å². The number of amides is 1. The Kier molecular flexibility index (Phi) is 5.98. The van der Waals surface area contributed by atoms with Crippen molar-refractivity contribution in [2.75, 3.05) is 0 Å². The first kappa shape index (κ1) is 20.5. The van der Waals surface area contributed by atoms with E-state index in [1.165, 1.54) is 24.5 Å². The number of aromatic nitrogens is 1. The van der Waals surface area contributed by atoms with Gasteiger partial charge in [-0.2, -0.15) is 0 Å². The maximum Gasteiger partial charge on any atom is 0.265 e. The highest BCUT2D eigenvalue weighted by Gasteiger charge is 2.19. The highest BCUT2D eigenvalue weighted by molar-refractivity contribution is 7.90. The predicted molar refractivity (Wildman–Crippen MR) is 110 cm³/mol. The third kappa shape index (κ3) is 4.81. The third-order valence-corrected chi connectivity index (χ3v) is 5.95. The number of rotatable bonds is 6. The number of pyridine rings is 1. The van der Waals surface area contributed by atoms with Gasteiger partial charge in [0.05, 0.1) is 0 Å². The molecule has 150 valence electrons. The number of ether oxygens (including phenoxy) is 1. The van der Waals surface area contributed by atoms with Crippen LogP contribution >= 0.6 is 0 Å². The lowest BCUT2D eigenvalue weighted by Gasteiger charge is -2.14. The van der Waals surface area contributed by atoms with Crippen LogP contribution < -0.4 is 9.46 Å². The minimum absolute atomic E-state index is 0.0769. The first-order chi connectivity index (χ1) is 13.8. The first-order valence-corrected chi connectivity index (χ1v) is 10.5. The maximum atomic E-state index is 12.5. The molecule has 1 amide bonds. The van der Waals surface area contributed by atoms with Gasteiger partial charge in [0.25, 0.3) is 15.9 Å². The lowest BCUT2D eigenvalue weighted by atomic mass is 10.0. The molecule has 0 aliphatic carbocycles. The van der Waals surface area contributed by atoms with E-state index >= 15 is 0 Å². The SMILES string of the molecule is Cc1ccc(C(=O)NS(=O)(=O)c2cccnc2)cc1OCc1c(C)cccc1C. The number of hydrogen-bond donors (Lipinski definition) is 1. The molecule has 1 aromatic heterocycles. The molecule has 1 heterocycles. The summed E-state index contributed by atoms with van der Waals surface area (Å²) in [4.78, 5) is 16.2. The molecule has 3 rings (SSSR count). The second-order valence-corrected chi connectivity index (χ2v) is 8.45. The van der Waals surface area contributed by atoms with Crippen LogP contribution in [-0.2, 0) is 16.6 Å². The first-order valence-electron chi connectivity index (χ1n) is 9.03. The largest absolute Gasteiger partial charge is 0.489 e. The summed E-state index contributed by atoms with van der Waals surface area (Å²) in [7, 11) is -4.00. The smallest absolute Gasteiger partial charge is 0.265 e. The number of nitrogens with one attached hydrogen (secondary N) is 1. The van der Waals surface area contributed by atoms with Gasteiger partial charge in [-0.3, -0.25) is 9.78 Å². The molecule has 0 aliphatic rings. The van der Waals surface area contributed by atoms with Crippen LogP contribution in [0.4, 0.5) is 0 Å². The summed E-state index contributed by atoms with van der Waals surface area (Å²) >= 11 is 0. The van der Waals surface area contributed by atoms with Crippen molar-refractivity contribution < 1.29 is 17.9 Å². The second-order valence-electron chi connectivity index (χ2n) is 6.76. The van der Waals surface area contributed by atoms with E-state index in [1.807, 2.05) is 39.0 Å². The Morgan fingerprint density at radius 1 is 1.00 bits per heavy atom. The Labute approximate surface area is 170 Å². The van der Waals surface area contributed by atoms with Crippen LogP contribution in [0.25, 0.3) is 0 Å². The van der Waals surface area contributed by atoms with Crippen LogP contribution in [0.3, 0.4) is 0 Å². The summed E-state index contributed by atoms with van der Waals surface area (Å²) in [5.41, 5.74) is 4.38. The molecular weight excluding hydrogens is 388 g/mol. The van der Waals surface area contributed by atoms with Gasteiger partial charge >= 0.3 is 0 Å². The Morgan fingerprint density at radius 2 is 1.72 bits per heavy atom. The van der Waals surface area contributed by atoms with Gasteiger partial charge in [-0.1, -0.05) is 24.3 Å². The number of carbonyl (C=O) groups excluding carboxylic acids is 1. The zero-order valence-electron chi connectivity index (χ0n) is 16.5. The molecule has 0 fully saturated rings. The quantitative estimate of drug-likeness (QED) is 0.670.